The van der Waals surface area contributed by atoms with E-state index in [0.717, 1.165) is 0 Å². The predicted molar refractivity (Wildman–Crippen MR) is 78.4 cm³/mol. The third-order valence-corrected chi connectivity index (χ3v) is 3.41. The first kappa shape index (κ1) is 15.3. The lowest BCUT2D eigenvalue weighted by Gasteiger charge is -2.13. The summed E-state index contributed by atoms with van der Waals surface area (Å²) in [5.41, 5.74) is 0.198. The van der Waals surface area contributed by atoms with Gasteiger partial charge in [0.1, 0.15) is 12.4 Å². The predicted octanol–water partition coefficient (Wildman–Crippen LogP) is 1.87. The van der Waals surface area contributed by atoms with Crippen LogP contribution in [0.15, 0.2) is 24.5 Å². The SMILES string of the molecule is C[C@H](NC(=O)c1cccc(Cl)c1Cl)C(=O)Nc1ncn[nH]1. The molecule has 2 aromatic rings. The van der Waals surface area contributed by atoms with E-state index < -0.39 is 17.9 Å². The number of nitrogens with one attached hydrogen (secondary N) is 3. The van der Waals surface area contributed by atoms with E-state index in [9.17, 15) is 9.59 Å². The molecule has 7 nitrogen and oxygen atoms in total. The lowest BCUT2D eigenvalue weighted by Crippen LogP contribution is -2.41. The minimum atomic E-state index is -0.794. The molecule has 0 aliphatic heterocycles. The Labute approximate surface area is 130 Å². The van der Waals surface area contributed by atoms with Crippen molar-refractivity contribution in [3.8, 4) is 0 Å². The number of aromatic nitrogens is 3. The number of benzene rings is 1. The summed E-state index contributed by atoms with van der Waals surface area (Å²) in [6.07, 6.45) is 1.25. The van der Waals surface area contributed by atoms with Gasteiger partial charge in [-0.2, -0.15) is 10.1 Å². The summed E-state index contributed by atoms with van der Waals surface area (Å²) >= 11 is 11.8. The van der Waals surface area contributed by atoms with Crippen LogP contribution in [0.3, 0.4) is 0 Å². The molecule has 9 heteroatoms. The van der Waals surface area contributed by atoms with Gasteiger partial charge in [-0.3, -0.25) is 14.9 Å². The first-order chi connectivity index (χ1) is 9.99. The molecule has 0 saturated carbocycles. The van der Waals surface area contributed by atoms with Crippen LogP contribution in [0.2, 0.25) is 10.0 Å². The van der Waals surface area contributed by atoms with Crippen LogP contribution in [0.5, 0.6) is 0 Å². The number of carbonyl (C=O) groups is 2. The molecule has 0 radical (unpaired) electrons. The van der Waals surface area contributed by atoms with Crippen molar-refractivity contribution >= 4 is 41.0 Å². The first-order valence-corrected chi connectivity index (χ1v) is 6.65. The second-order valence-electron chi connectivity index (χ2n) is 4.12. The third-order valence-electron chi connectivity index (χ3n) is 2.59. The summed E-state index contributed by atoms with van der Waals surface area (Å²) in [5, 5.41) is 11.5. The minimum absolute atomic E-state index is 0.138. The Morgan fingerprint density at radius 3 is 2.76 bits per heavy atom. The number of anilines is 1. The van der Waals surface area contributed by atoms with Gasteiger partial charge in [0.2, 0.25) is 11.9 Å². The molecular weight excluding hydrogens is 317 g/mol. The largest absolute Gasteiger partial charge is 0.340 e. The van der Waals surface area contributed by atoms with Crippen molar-refractivity contribution in [1.29, 1.82) is 0 Å². The van der Waals surface area contributed by atoms with E-state index >= 15 is 0 Å². The number of amides is 2. The zero-order valence-corrected chi connectivity index (χ0v) is 12.4. The number of carbonyl (C=O) groups excluding carboxylic acids is 2. The molecule has 21 heavy (non-hydrogen) atoms. The van der Waals surface area contributed by atoms with Crippen LogP contribution in [0.25, 0.3) is 0 Å². The Bertz CT molecular complexity index is 660. The van der Waals surface area contributed by atoms with Gasteiger partial charge in [0.05, 0.1) is 15.6 Å². The van der Waals surface area contributed by atoms with Crippen LogP contribution in [0.1, 0.15) is 17.3 Å². The molecule has 1 heterocycles. The fraction of sp³-hybridized carbons (Fsp3) is 0.167. The lowest BCUT2D eigenvalue weighted by atomic mass is 10.2. The van der Waals surface area contributed by atoms with Gasteiger partial charge in [0.15, 0.2) is 0 Å². The molecule has 0 spiro atoms. The van der Waals surface area contributed by atoms with Crippen LogP contribution >= 0.6 is 23.2 Å². The Morgan fingerprint density at radius 1 is 1.33 bits per heavy atom. The van der Waals surface area contributed by atoms with E-state index in [1.807, 2.05) is 0 Å². The molecule has 3 N–H and O–H groups in total. The Morgan fingerprint density at radius 2 is 2.10 bits per heavy atom. The van der Waals surface area contributed by atoms with E-state index in [1.54, 1.807) is 12.1 Å². The lowest BCUT2D eigenvalue weighted by molar-refractivity contribution is -0.117. The summed E-state index contributed by atoms with van der Waals surface area (Å²) in [7, 11) is 0. The number of halogens is 2. The highest BCUT2D eigenvalue weighted by atomic mass is 35.5. The van der Waals surface area contributed by atoms with Crippen molar-refractivity contribution in [1.82, 2.24) is 20.5 Å². The highest BCUT2D eigenvalue weighted by molar-refractivity contribution is 6.43. The van der Waals surface area contributed by atoms with Crippen LogP contribution < -0.4 is 10.6 Å². The summed E-state index contributed by atoms with van der Waals surface area (Å²) in [5.74, 6) is -0.747. The van der Waals surface area contributed by atoms with Gasteiger partial charge in [-0.15, -0.1) is 0 Å². The van der Waals surface area contributed by atoms with Crippen molar-refractivity contribution in [2.24, 2.45) is 0 Å². The normalized spacial score (nSPS) is 11.8. The fourth-order valence-corrected chi connectivity index (χ4v) is 1.90. The number of rotatable bonds is 4. The molecule has 1 atom stereocenters. The molecule has 2 amide bonds. The first-order valence-electron chi connectivity index (χ1n) is 5.90. The quantitative estimate of drug-likeness (QED) is 0.798. The van der Waals surface area contributed by atoms with Crippen molar-refractivity contribution < 1.29 is 9.59 Å². The van der Waals surface area contributed by atoms with Crippen molar-refractivity contribution in [2.45, 2.75) is 13.0 Å². The Hall–Kier alpha value is -2.12. The minimum Gasteiger partial charge on any atom is -0.340 e. The van der Waals surface area contributed by atoms with Gasteiger partial charge >= 0.3 is 0 Å². The average Bonchev–Trinajstić information content (AvgIpc) is 2.94. The number of aromatic amines is 1. The second-order valence-corrected chi connectivity index (χ2v) is 4.91. The second kappa shape index (κ2) is 6.55. The molecule has 1 aromatic heterocycles. The topological polar surface area (TPSA) is 99.8 Å². The van der Waals surface area contributed by atoms with Gasteiger partial charge < -0.3 is 5.32 Å². The van der Waals surface area contributed by atoms with E-state index in [1.165, 1.54) is 19.3 Å². The van der Waals surface area contributed by atoms with Gasteiger partial charge in [0, 0.05) is 0 Å². The summed E-state index contributed by atoms with van der Waals surface area (Å²) in [6.45, 7) is 1.53. The number of hydrogen-bond acceptors (Lipinski definition) is 4. The van der Waals surface area contributed by atoms with E-state index in [-0.39, 0.29) is 21.6 Å². The van der Waals surface area contributed by atoms with Gasteiger partial charge in [-0.1, -0.05) is 29.3 Å². The Kier molecular flexibility index (Phi) is 4.77. The van der Waals surface area contributed by atoms with Gasteiger partial charge in [-0.25, -0.2) is 5.10 Å². The third kappa shape index (κ3) is 3.71. The number of hydrogen-bond donors (Lipinski definition) is 3. The number of nitrogens with zero attached hydrogens (tertiary/aromatic N) is 2. The zero-order valence-electron chi connectivity index (χ0n) is 10.9. The zero-order chi connectivity index (χ0) is 15.4. The molecule has 0 unspecified atom stereocenters. The smallest absolute Gasteiger partial charge is 0.253 e. The van der Waals surface area contributed by atoms with Crippen LogP contribution in [0.4, 0.5) is 5.95 Å². The standard InChI is InChI=1S/C12H11Cl2N5O2/c1-6(10(20)18-12-15-5-16-19-12)17-11(21)7-3-2-4-8(13)9(7)14/h2-6H,1H3,(H,17,21)(H2,15,16,18,19,20)/t6-/m0/s1. The summed E-state index contributed by atoms with van der Waals surface area (Å²) in [6, 6.07) is 3.89. The van der Waals surface area contributed by atoms with Crippen LogP contribution in [0, 0.1) is 0 Å². The number of H-pyrrole nitrogens is 1. The highest BCUT2D eigenvalue weighted by Crippen LogP contribution is 2.25. The van der Waals surface area contributed by atoms with Crippen molar-refractivity contribution in [3.05, 3.63) is 40.1 Å². The van der Waals surface area contributed by atoms with Crippen LogP contribution in [-0.4, -0.2) is 33.0 Å². The van der Waals surface area contributed by atoms with Crippen molar-refractivity contribution in [2.75, 3.05) is 5.32 Å². The van der Waals surface area contributed by atoms with E-state index in [0.29, 0.717) is 0 Å². The highest BCUT2D eigenvalue weighted by Gasteiger charge is 2.19. The molecule has 110 valence electrons. The molecule has 1 aromatic carbocycles. The Balaban J connectivity index is 2.01. The van der Waals surface area contributed by atoms with Crippen molar-refractivity contribution in [3.63, 3.8) is 0 Å². The van der Waals surface area contributed by atoms with Crippen LogP contribution in [-0.2, 0) is 4.79 Å². The van der Waals surface area contributed by atoms with Gasteiger partial charge in [-0.05, 0) is 19.1 Å². The summed E-state index contributed by atoms with van der Waals surface area (Å²) in [4.78, 5) is 27.7. The maximum Gasteiger partial charge on any atom is 0.253 e. The molecule has 0 fully saturated rings. The average molecular weight is 328 g/mol. The fourth-order valence-electron chi connectivity index (χ4n) is 1.51. The van der Waals surface area contributed by atoms with E-state index in [2.05, 4.69) is 25.8 Å². The molecule has 0 aliphatic carbocycles. The van der Waals surface area contributed by atoms with Gasteiger partial charge in [0.25, 0.3) is 5.91 Å². The molecule has 0 saturated heterocycles. The molecule has 2 rings (SSSR count). The molecule has 0 aliphatic rings. The molecular formula is C12H11Cl2N5O2. The maximum atomic E-state index is 12.1. The van der Waals surface area contributed by atoms with E-state index in [4.69, 9.17) is 23.2 Å². The maximum absolute atomic E-state index is 12.1. The summed E-state index contributed by atoms with van der Waals surface area (Å²) < 4.78 is 0. The molecule has 0 bridgehead atoms. The monoisotopic (exact) mass is 327 g/mol.